The summed E-state index contributed by atoms with van der Waals surface area (Å²) >= 11 is 0. The highest BCUT2D eigenvalue weighted by Gasteiger charge is 2.42. The number of benzene rings is 5. The van der Waals surface area contributed by atoms with Gasteiger partial charge in [0.25, 0.3) is 0 Å². The first-order valence-corrected chi connectivity index (χ1v) is 13.6. The molecule has 0 saturated carbocycles. The highest BCUT2D eigenvalue weighted by atomic mass is 15.1. The third-order valence-corrected chi connectivity index (χ3v) is 8.44. The van der Waals surface area contributed by atoms with Crippen LogP contribution in [-0.4, -0.2) is 9.13 Å². The maximum Gasteiger partial charge on any atom is 0.0763 e. The number of nitrogens with zero attached hydrogens (tertiary/aromatic N) is 2. The minimum Gasteiger partial charge on any atom is -0.317 e. The molecule has 2 aromatic heterocycles. The van der Waals surface area contributed by atoms with E-state index in [9.17, 15) is 0 Å². The molecule has 0 spiro atoms. The zero-order chi connectivity index (χ0) is 26.1. The Morgan fingerprint density at radius 3 is 1.90 bits per heavy atom. The number of para-hydroxylation sites is 2. The van der Waals surface area contributed by atoms with Crippen LogP contribution in [0.2, 0.25) is 0 Å². The molecule has 0 N–H and O–H groups in total. The molecule has 0 bridgehead atoms. The van der Waals surface area contributed by atoms with Crippen LogP contribution in [0.25, 0.3) is 55.4 Å². The van der Waals surface area contributed by atoms with E-state index in [1.165, 1.54) is 66.7 Å². The highest BCUT2D eigenvalue weighted by Crippen LogP contribution is 2.53. The van der Waals surface area contributed by atoms with Gasteiger partial charge < -0.3 is 9.13 Å². The fourth-order valence-corrected chi connectivity index (χ4v) is 6.80. The predicted molar refractivity (Wildman–Crippen MR) is 163 cm³/mol. The van der Waals surface area contributed by atoms with E-state index in [0.29, 0.717) is 0 Å². The highest BCUT2D eigenvalue weighted by molar-refractivity contribution is 6.11. The maximum absolute atomic E-state index is 2.48. The third-order valence-electron chi connectivity index (χ3n) is 8.44. The number of fused-ring (bicyclic) bond motifs is 7. The Labute approximate surface area is 228 Å². The van der Waals surface area contributed by atoms with Gasteiger partial charge in [0, 0.05) is 28.1 Å². The molecule has 39 heavy (non-hydrogen) atoms. The van der Waals surface area contributed by atoms with Crippen LogP contribution < -0.4 is 0 Å². The van der Waals surface area contributed by atoms with Crippen molar-refractivity contribution in [1.29, 1.82) is 0 Å². The van der Waals surface area contributed by atoms with Crippen LogP contribution in [0.1, 0.15) is 25.1 Å². The zero-order valence-corrected chi connectivity index (χ0v) is 22.1. The molecule has 7 aromatic rings. The third kappa shape index (κ3) is 3.09. The lowest BCUT2D eigenvalue weighted by atomic mass is 9.78. The number of aromatic nitrogens is 2. The zero-order valence-electron chi connectivity index (χ0n) is 22.1. The van der Waals surface area contributed by atoms with Gasteiger partial charge in [0.2, 0.25) is 0 Å². The van der Waals surface area contributed by atoms with Crippen LogP contribution in [0.4, 0.5) is 0 Å². The van der Waals surface area contributed by atoms with Crippen LogP contribution in [0.3, 0.4) is 0 Å². The van der Waals surface area contributed by atoms with E-state index < -0.39 is 0 Å². The Morgan fingerprint density at radius 2 is 1.18 bits per heavy atom. The van der Waals surface area contributed by atoms with Crippen molar-refractivity contribution in [2.75, 3.05) is 0 Å². The summed E-state index contributed by atoms with van der Waals surface area (Å²) in [6.07, 6.45) is 2.38. The van der Waals surface area contributed by atoms with Crippen LogP contribution >= 0.6 is 0 Å². The van der Waals surface area contributed by atoms with Crippen molar-refractivity contribution in [1.82, 2.24) is 9.13 Å². The lowest BCUT2D eigenvalue weighted by Gasteiger charge is -2.24. The van der Waals surface area contributed by atoms with Gasteiger partial charge in [-0.3, -0.25) is 0 Å². The Kier molecular flexibility index (Phi) is 4.60. The molecule has 0 amide bonds. The second-order valence-corrected chi connectivity index (χ2v) is 11.1. The summed E-state index contributed by atoms with van der Waals surface area (Å²) in [7, 11) is 0. The van der Waals surface area contributed by atoms with Gasteiger partial charge in [-0.1, -0.05) is 111 Å². The number of rotatable bonds is 3. The summed E-state index contributed by atoms with van der Waals surface area (Å²) < 4.78 is 4.94. The van der Waals surface area contributed by atoms with Gasteiger partial charge in [0.15, 0.2) is 0 Å². The molecule has 5 aromatic carbocycles. The quantitative estimate of drug-likeness (QED) is 0.229. The largest absolute Gasteiger partial charge is 0.317 e. The van der Waals surface area contributed by atoms with Crippen LogP contribution in [0, 0.1) is 0 Å². The summed E-state index contributed by atoms with van der Waals surface area (Å²) in [4.78, 5) is 0. The monoisotopic (exact) mass is 500 g/mol. The number of hydrogen-bond donors (Lipinski definition) is 0. The summed E-state index contributed by atoms with van der Waals surface area (Å²) in [5.74, 6) is 0. The molecule has 0 fully saturated rings. The second kappa shape index (κ2) is 8.09. The van der Waals surface area contributed by atoms with Crippen molar-refractivity contribution in [2.24, 2.45) is 0 Å². The van der Waals surface area contributed by atoms with Crippen LogP contribution in [0.15, 0.2) is 134 Å². The molecule has 0 unspecified atom stereocenters. The first-order chi connectivity index (χ1) is 19.1. The summed E-state index contributed by atoms with van der Waals surface area (Å²) in [6.45, 7) is 4.79. The van der Waals surface area contributed by atoms with Crippen LogP contribution in [0.5, 0.6) is 0 Å². The van der Waals surface area contributed by atoms with E-state index in [2.05, 4.69) is 157 Å². The van der Waals surface area contributed by atoms with E-state index in [0.717, 1.165) is 0 Å². The molecule has 0 aliphatic carbocycles. The van der Waals surface area contributed by atoms with Gasteiger partial charge in [0.1, 0.15) is 0 Å². The van der Waals surface area contributed by atoms with Crippen molar-refractivity contribution in [3.63, 3.8) is 0 Å². The van der Waals surface area contributed by atoms with Crippen molar-refractivity contribution < 1.29 is 0 Å². The van der Waals surface area contributed by atoms with E-state index >= 15 is 0 Å². The van der Waals surface area contributed by atoms with Crippen molar-refractivity contribution in [3.8, 4) is 33.6 Å². The molecule has 0 radical (unpaired) electrons. The average Bonchev–Trinajstić information content (AvgIpc) is 3.60. The summed E-state index contributed by atoms with van der Waals surface area (Å²) in [5.41, 5.74) is 12.6. The molecule has 3 heterocycles. The molecular formula is C37H28N2. The Morgan fingerprint density at radius 1 is 0.564 bits per heavy atom. The lowest BCUT2D eigenvalue weighted by molar-refractivity contribution is 0.647. The van der Waals surface area contributed by atoms with Gasteiger partial charge in [-0.15, -0.1) is 0 Å². The van der Waals surface area contributed by atoms with Crippen molar-refractivity contribution in [2.45, 2.75) is 19.3 Å². The Balaban J connectivity index is 1.51. The minimum atomic E-state index is -0.210. The van der Waals surface area contributed by atoms with Crippen LogP contribution in [-0.2, 0) is 5.41 Å². The Bertz CT molecular complexity index is 2010. The molecule has 2 heteroatoms. The molecule has 8 rings (SSSR count). The molecule has 1 aliphatic rings. The van der Waals surface area contributed by atoms with E-state index in [4.69, 9.17) is 0 Å². The SMILES string of the molecule is CC1(C)c2c(-c3ccccc3)cc(-c3ccccc3)cc2-n2cc3c4ccccc4n(-c4ccccc4)c3c21. The van der Waals surface area contributed by atoms with Gasteiger partial charge in [-0.05, 0) is 58.1 Å². The fraction of sp³-hybridized carbons (Fsp3) is 0.0811. The van der Waals surface area contributed by atoms with Gasteiger partial charge >= 0.3 is 0 Å². The standard InChI is InChI=1S/C37H28N2/c1-37(2)34-30(26-16-8-4-9-17-26)22-27(25-14-6-3-7-15-25)23-33(34)38-24-31-29-20-12-13-21-32(29)39(35(31)36(37)38)28-18-10-5-11-19-28/h3-24H,1-2H3. The van der Waals surface area contributed by atoms with Crippen molar-refractivity contribution in [3.05, 3.63) is 145 Å². The van der Waals surface area contributed by atoms with Crippen molar-refractivity contribution >= 4 is 21.8 Å². The average molecular weight is 501 g/mol. The molecule has 1 aliphatic heterocycles. The van der Waals surface area contributed by atoms with E-state index in [-0.39, 0.29) is 5.41 Å². The minimum absolute atomic E-state index is 0.210. The first-order valence-electron chi connectivity index (χ1n) is 13.6. The summed E-state index contributed by atoms with van der Waals surface area (Å²) in [5, 5.41) is 2.59. The normalized spacial score (nSPS) is 13.6. The molecule has 2 nitrogen and oxygen atoms in total. The van der Waals surface area contributed by atoms with Gasteiger partial charge in [0.05, 0.1) is 22.4 Å². The van der Waals surface area contributed by atoms with E-state index in [1.807, 2.05) is 0 Å². The molecule has 186 valence electrons. The van der Waals surface area contributed by atoms with Gasteiger partial charge in [-0.2, -0.15) is 0 Å². The maximum atomic E-state index is 2.48. The summed E-state index contributed by atoms with van der Waals surface area (Å²) in [6, 6.07) is 46.0. The smallest absolute Gasteiger partial charge is 0.0763 e. The topological polar surface area (TPSA) is 9.86 Å². The lowest BCUT2D eigenvalue weighted by Crippen LogP contribution is -2.18. The molecule has 0 atom stereocenters. The second-order valence-electron chi connectivity index (χ2n) is 11.1. The molecular weight excluding hydrogens is 472 g/mol. The Hall–Kier alpha value is -4.82. The fourth-order valence-electron chi connectivity index (χ4n) is 6.80. The predicted octanol–water partition coefficient (Wildman–Crippen LogP) is 9.55. The van der Waals surface area contributed by atoms with E-state index in [1.54, 1.807) is 0 Å². The first kappa shape index (κ1) is 22.2. The van der Waals surface area contributed by atoms with Gasteiger partial charge in [-0.25, -0.2) is 0 Å². The number of hydrogen-bond acceptors (Lipinski definition) is 0. The molecule has 0 saturated heterocycles.